The summed E-state index contributed by atoms with van der Waals surface area (Å²) < 4.78 is 0. The van der Waals surface area contributed by atoms with Crippen LogP contribution in [0.2, 0.25) is 5.02 Å². The molecule has 2 heterocycles. The lowest BCUT2D eigenvalue weighted by Gasteiger charge is -2.30. The van der Waals surface area contributed by atoms with E-state index in [2.05, 4.69) is 153 Å². The molecule has 30 nitrogen and oxygen atoms in total. The van der Waals surface area contributed by atoms with Gasteiger partial charge in [0.2, 0.25) is 59.1 Å². The van der Waals surface area contributed by atoms with Gasteiger partial charge in [0.1, 0.15) is 60.4 Å². The first kappa shape index (κ1) is 84.9. The van der Waals surface area contributed by atoms with Gasteiger partial charge < -0.3 is 95.3 Å². The van der Waals surface area contributed by atoms with Gasteiger partial charge in [-0.3, -0.25) is 57.7 Å². The number of thiol groups is 5. The van der Waals surface area contributed by atoms with Crippen LogP contribution in [0.25, 0.3) is 11.3 Å². The monoisotopic (exact) mass is 1490 g/mol. The molecular formula is C63H96ClN17O13S5. The van der Waals surface area contributed by atoms with Crippen LogP contribution in [0.15, 0.2) is 72.9 Å². The molecule has 1 fully saturated rings. The zero-order valence-corrected chi connectivity index (χ0v) is 60.8. The largest absolute Gasteiger partial charge is 0.391 e. The molecular weight excluding hydrogens is 1400 g/mol. The van der Waals surface area contributed by atoms with Crippen molar-refractivity contribution in [1.82, 2.24) is 90.1 Å². The van der Waals surface area contributed by atoms with Crippen LogP contribution in [0, 0.1) is 5.92 Å². The maximum Gasteiger partial charge on any atom is 0.252 e. The molecule has 36 heteroatoms. The number of aliphatic hydroxyl groups is 2. The number of aromatic nitrogens is 1. The summed E-state index contributed by atoms with van der Waals surface area (Å²) in [4.78, 5) is 163. The van der Waals surface area contributed by atoms with E-state index in [0.29, 0.717) is 28.3 Å². The van der Waals surface area contributed by atoms with Gasteiger partial charge in [-0.1, -0.05) is 74.3 Å². The van der Waals surface area contributed by atoms with Crippen molar-refractivity contribution in [2.75, 3.05) is 68.7 Å². The minimum Gasteiger partial charge on any atom is -0.391 e. The topological polar surface area (TPSA) is 434 Å². The number of pyridine rings is 1. The highest BCUT2D eigenvalue weighted by Gasteiger charge is 2.39. The van der Waals surface area contributed by atoms with Crippen LogP contribution in [0.1, 0.15) is 82.1 Å². The van der Waals surface area contributed by atoms with Gasteiger partial charge in [0.25, 0.3) is 5.91 Å². The normalized spacial score (nSPS) is 21.2. The van der Waals surface area contributed by atoms with Crippen molar-refractivity contribution in [3.8, 4) is 11.3 Å². The lowest BCUT2D eigenvalue weighted by molar-refractivity contribution is -0.136. The van der Waals surface area contributed by atoms with E-state index in [9.17, 15) is 63.0 Å². The number of carbonyl (C=O) groups excluding carboxylic acids is 11. The van der Waals surface area contributed by atoms with Crippen molar-refractivity contribution in [2.45, 2.75) is 145 Å². The van der Waals surface area contributed by atoms with E-state index in [1.807, 2.05) is 0 Å². The van der Waals surface area contributed by atoms with Gasteiger partial charge >= 0.3 is 0 Å². The Bertz CT molecular complexity index is 3120. The Morgan fingerprint density at radius 3 is 1.69 bits per heavy atom. The first-order valence-corrected chi connectivity index (χ1v) is 36.0. The van der Waals surface area contributed by atoms with Crippen molar-refractivity contribution in [2.24, 2.45) is 5.92 Å². The van der Waals surface area contributed by atoms with Crippen molar-refractivity contribution in [1.29, 1.82) is 0 Å². The zero-order valence-electron chi connectivity index (χ0n) is 55.6. The lowest BCUT2D eigenvalue weighted by Crippen LogP contribution is -2.63. The third-order valence-electron chi connectivity index (χ3n) is 15.8. The third kappa shape index (κ3) is 29.6. The van der Waals surface area contributed by atoms with E-state index in [1.54, 1.807) is 68.4 Å². The Kier molecular flexibility index (Phi) is 39.6. The highest BCUT2D eigenvalue weighted by atomic mass is 35.5. The third-order valence-corrected chi connectivity index (χ3v) is 17.2. The minimum atomic E-state index is -1.78. The van der Waals surface area contributed by atoms with Gasteiger partial charge in [-0.15, -0.1) is 0 Å². The molecule has 2 aromatic carbocycles. The van der Waals surface area contributed by atoms with Gasteiger partial charge in [-0.25, -0.2) is 0 Å². The Labute approximate surface area is 609 Å². The Hall–Kier alpha value is -6.48. The molecule has 0 saturated carbocycles. The summed E-state index contributed by atoms with van der Waals surface area (Å²) in [5.74, 6) is -9.90. The maximum absolute atomic E-state index is 14.9. The van der Waals surface area contributed by atoms with Gasteiger partial charge in [0.15, 0.2) is 0 Å². The molecule has 1 aromatic heterocycles. The predicted octanol–water partition coefficient (Wildman–Crippen LogP) is -2.62. The first-order chi connectivity index (χ1) is 47.4. The quantitative estimate of drug-likeness (QED) is 0.0165. The van der Waals surface area contributed by atoms with Crippen molar-refractivity contribution in [3.63, 3.8) is 0 Å². The number of aliphatic hydroxyl groups excluding tert-OH is 2. The fourth-order valence-corrected chi connectivity index (χ4v) is 11.0. The first-order valence-electron chi connectivity index (χ1n) is 32.4. The lowest BCUT2D eigenvalue weighted by atomic mass is 9.96. The zero-order chi connectivity index (χ0) is 73.0. The molecule has 11 amide bonds. The second kappa shape index (κ2) is 46.1. The van der Waals surface area contributed by atoms with Crippen LogP contribution < -0.4 is 85.1 Å². The fraction of sp³-hybridized carbons (Fsp3) is 0.556. The van der Waals surface area contributed by atoms with Gasteiger partial charge in [-0.05, 0) is 108 Å². The summed E-state index contributed by atoms with van der Waals surface area (Å²) in [5.41, 5.74) is 1.74. The summed E-state index contributed by atoms with van der Waals surface area (Å²) in [7, 11) is 0. The molecule has 99 heavy (non-hydrogen) atoms. The van der Waals surface area contributed by atoms with Crippen LogP contribution in [-0.2, 0) is 54.4 Å². The average molecular weight is 1500 g/mol. The van der Waals surface area contributed by atoms with E-state index in [-0.39, 0.29) is 99.8 Å². The number of hydrogen-bond acceptors (Lipinski definition) is 24. The number of amides is 11. The predicted molar refractivity (Wildman–Crippen MR) is 392 cm³/mol. The maximum atomic E-state index is 14.9. The summed E-state index contributed by atoms with van der Waals surface area (Å²) in [6.45, 7) is 5.52. The second-order valence-corrected chi connectivity index (χ2v) is 25.3. The molecule has 0 unspecified atom stereocenters. The number of benzene rings is 2. The highest BCUT2D eigenvalue weighted by Crippen LogP contribution is 2.22. The Balaban J connectivity index is 1.78. The van der Waals surface area contributed by atoms with Crippen LogP contribution >= 0.6 is 74.7 Å². The molecule has 18 N–H and O–H groups in total. The van der Waals surface area contributed by atoms with Crippen LogP contribution in [0.5, 0.6) is 0 Å². The molecule has 548 valence electrons. The number of rotatable bonds is 34. The molecule has 1 aliphatic rings. The fourth-order valence-electron chi connectivity index (χ4n) is 10.1. The molecule has 13 atom stereocenters. The molecule has 1 aliphatic heterocycles. The minimum absolute atomic E-state index is 0.0290. The SMILES string of the molecule is CC[C@H](C)[C@@H]1NC(=O)[C@@H](Cc2ccccc2)NC(=O)[C@H](CCNCS)NC(=O)[C@@H](NC(=O)[C@H](CNCS)NC(=O)[C@@H](NC(=O)[C@H](CCNCS)NC(=O)c2ccnc(-c3cccc(Cl)c3)c2)[C@@H](C)O)CCNC(=O)[C@H]([C@@H](C)O)NC(=O)[C@H](CCNCS)NC(=O)[C@H](CCNCS)NC1=O. The van der Waals surface area contributed by atoms with Gasteiger partial charge in [0.05, 0.1) is 17.9 Å². The number of carbonyl (C=O) groups is 11. The van der Waals surface area contributed by atoms with Crippen LogP contribution in [0.4, 0.5) is 0 Å². The van der Waals surface area contributed by atoms with E-state index in [0.717, 1.165) is 0 Å². The second-order valence-electron chi connectivity index (χ2n) is 23.3. The van der Waals surface area contributed by atoms with Gasteiger partial charge in [-0.2, -0.15) is 63.1 Å². The standard InChI is InChI=1S/C63H96ClN17O13S5/c1-5-35(2)50-62(93)76-43(16-21-66-31-96)54(85)74-45(18-23-68-33-98)58(89)80-51(36(3)82)61(92)71-25-19-46(55(86)73-42(15-20-65-30-95)56(87)77-48(59(90)79-50)26-38-10-7-6-8-11-38)75-60(91)49(29-69-34-99)78-63(94)52(37(4)83)81-57(88)44(17-22-67-32-97)72-53(84)40-14-24-70-47(28-40)39-12-9-13-41(64)27-39/h6-14,24,27-28,35-37,42-46,48-52,65-69,82-83,95-99H,5,15-23,25-26,29-34H2,1-4H3,(H,71,92)(H,72,84)(H,73,86)(H,74,85)(H,75,91)(H,76,93)(H,77,87)(H,78,94)(H,79,90)(H,80,89)(H,81,88)/t35-,36+,37+,42-,43-,44-,45-,46-,48+,49-,50-,51-,52-/m0/s1. The van der Waals surface area contributed by atoms with Crippen molar-refractivity contribution >= 4 is 140 Å². The summed E-state index contributed by atoms with van der Waals surface area (Å²) >= 11 is 27.2. The average Bonchev–Trinajstić information content (AvgIpc) is 0.984. The molecule has 3 aromatic rings. The smallest absolute Gasteiger partial charge is 0.252 e. The highest BCUT2D eigenvalue weighted by molar-refractivity contribution is 7.80. The Morgan fingerprint density at radius 1 is 0.576 bits per heavy atom. The number of nitrogens with zero attached hydrogens (tertiary/aromatic N) is 1. The van der Waals surface area contributed by atoms with E-state index in [4.69, 9.17) is 11.6 Å². The van der Waals surface area contributed by atoms with E-state index in [1.165, 1.54) is 32.2 Å². The number of halogens is 1. The van der Waals surface area contributed by atoms with Gasteiger partial charge in [0, 0.05) is 71.2 Å². The van der Waals surface area contributed by atoms with E-state index < -0.39 is 156 Å². The molecule has 0 spiro atoms. The molecule has 4 rings (SSSR count). The summed E-state index contributed by atoms with van der Waals surface area (Å²) in [5, 5.41) is 66.3. The van der Waals surface area contributed by atoms with Crippen molar-refractivity contribution < 1.29 is 63.0 Å². The van der Waals surface area contributed by atoms with Crippen LogP contribution in [-0.4, -0.2) is 221 Å². The molecule has 0 radical (unpaired) electrons. The molecule has 0 bridgehead atoms. The number of hydrogen-bond donors (Lipinski definition) is 23. The summed E-state index contributed by atoms with van der Waals surface area (Å²) in [6.07, 6.45) is -2.37. The summed E-state index contributed by atoms with van der Waals surface area (Å²) in [6, 6.07) is 3.25. The van der Waals surface area contributed by atoms with E-state index >= 15 is 0 Å². The molecule has 1 saturated heterocycles. The van der Waals surface area contributed by atoms with Crippen LogP contribution in [0.3, 0.4) is 0 Å². The molecule has 0 aliphatic carbocycles. The van der Waals surface area contributed by atoms with Crippen molar-refractivity contribution in [3.05, 3.63) is 89.1 Å². The Morgan fingerprint density at radius 2 is 1.12 bits per heavy atom. The number of nitrogens with one attached hydrogen (secondary N) is 16.